The van der Waals surface area contributed by atoms with Crippen LogP contribution in [0.1, 0.15) is 58.1 Å². The number of benzene rings is 1. The van der Waals surface area contributed by atoms with Crippen LogP contribution in [0.4, 0.5) is 5.69 Å². The van der Waals surface area contributed by atoms with Crippen molar-refractivity contribution in [3.63, 3.8) is 0 Å². The molecule has 2 rings (SSSR count). The van der Waals surface area contributed by atoms with E-state index in [0.717, 1.165) is 5.56 Å². The minimum atomic E-state index is -0.356. The first-order valence-corrected chi connectivity index (χ1v) is 7.38. The van der Waals surface area contributed by atoms with Crippen molar-refractivity contribution in [2.45, 2.75) is 58.5 Å². The lowest BCUT2D eigenvalue weighted by molar-refractivity contribution is -0.384. The summed E-state index contributed by atoms with van der Waals surface area (Å²) in [6.45, 7) is 6.79. The van der Waals surface area contributed by atoms with E-state index in [0.29, 0.717) is 11.5 Å². The molecular weight excluding hydrogens is 252 g/mol. The van der Waals surface area contributed by atoms with E-state index in [-0.39, 0.29) is 16.7 Å². The number of nitro benzene ring substituents is 1. The Morgan fingerprint density at radius 2 is 2.00 bits per heavy atom. The third kappa shape index (κ3) is 3.79. The van der Waals surface area contributed by atoms with Crippen molar-refractivity contribution in [3.8, 4) is 0 Å². The highest BCUT2D eigenvalue weighted by Gasteiger charge is 2.28. The molecule has 1 aliphatic rings. The van der Waals surface area contributed by atoms with Gasteiger partial charge in [0.15, 0.2) is 0 Å². The average Bonchev–Trinajstić information content (AvgIpc) is 2.37. The number of nitrogens with zero attached hydrogens (tertiary/aromatic N) is 1. The van der Waals surface area contributed by atoms with Gasteiger partial charge in [-0.1, -0.05) is 32.4 Å². The molecule has 1 aromatic rings. The molecule has 1 fully saturated rings. The summed E-state index contributed by atoms with van der Waals surface area (Å²) < 4.78 is 0. The van der Waals surface area contributed by atoms with E-state index in [1.54, 1.807) is 12.1 Å². The van der Waals surface area contributed by atoms with Crippen LogP contribution in [-0.4, -0.2) is 11.0 Å². The van der Waals surface area contributed by atoms with Gasteiger partial charge in [0, 0.05) is 24.2 Å². The number of rotatable bonds is 4. The summed E-state index contributed by atoms with van der Waals surface area (Å²) >= 11 is 0. The van der Waals surface area contributed by atoms with Crippen molar-refractivity contribution in [1.29, 1.82) is 0 Å². The van der Waals surface area contributed by atoms with Crippen LogP contribution >= 0.6 is 0 Å². The summed E-state index contributed by atoms with van der Waals surface area (Å²) in [5.41, 5.74) is 1.68. The van der Waals surface area contributed by atoms with Crippen molar-refractivity contribution in [2.24, 2.45) is 5.41 Å². The second kappa shape index (κ2) is 5.92. The Bertz CT molecular complexity index is 468. The Kier molecular flexibility index (Phi) is 4.43. The summed E-state index contributed by atoms with van der Waals surface area (Å²) in [6, 6.07) is 7.64. The number of hydrogen-bond acceptors (Lipinski definition) is 3. The van der Waals surface area contributed by atoms with Gasteiger partial charge in [-0.05, 0) is 37.2 Å². The van der Waals surface area contributed by atoms with E-state index in [1.165, 1.54) is 25.7 Å². The molecule has 0 radical (unpaired) electrons. The monoisotopic (exact) mass is 276 g/mol. The Labute approximate surface area is 120 Å². The van der Waals surface area contributed by atoms with Gasteiger partial charge in [-0.3, -0.25) is 10.1 Å². The number of nitro groups is 1. The predicted molar refractivity (Wildman–Crippen MR) is 80.7 cm³/mol. The lowest BCUT2D eigenvalue weighted by atomic mass is 9.75. The van der Waals surface area contributed by atoms with Gasteiger partial charge >= 0.3 is 0 Å². The van der Waals surface area contributed by atoms with Crippen LogP contribution < -0.4 is 5.32 Å². The van der Waals surface area contributed by atoms with E-state index in [2.05, 4.69) is 26.1 Å². The minimum absolute atomic E-state index is 0.153. The highest BCUT2D eigenvalue weighted by atomic mass is 16.6. The molecule has 0 spiro atoms. The van der Waals surface area contributed by atoms with Gasteiger partial charge in [0.1, 0.15) is 0 Å². The highest BCUT2D eigenvalue weighted by Crippen LogP contribution is 2.36. The standard InChI is InChI=1S/C16H24N2O2/c1-12(13-6-8-15(9-7-13)18(19)20)17-14-5-4-10-16(2,3)11-14/h6-9,12,14,17H,4-5,10-11H2,1-3H3. The van der Waals surface area contributed by atoms with E-state index in [1.807, 2.05) is 12.1 Å². The predicted octanol–water partition coefficient (Wildman–Crippen LogP) is 4.21. The highest BCUT2D eigenvalue weighted by molar-refractivity contribution is 5.34. The van der Waals surface area contributed by atoms with E-state index < -0.39 is 0 Å². The Hall–Kier alpha value is -1.42. The Balaban J connectivity index is 1.97. The van der Waals surface area contributed by atoms with Crippen molar-refractivity contribution in [1.82, 2.24) is 5.32 Å². The third-order valence-corrected chi connectivity index (χ3v) is 4.29. The topological polar surface area (TPSA) is 55.2 Å². The number of non-ortho nitro benzene ring substituents is 1. The van der Waals surface area contributed by atoms with Gasteiger partial charge in [0.05, 0.1) is 4.92 Å². The van der Waals surface area contributed by atoms with E-state index in [4.69, 9.17) is 0 Å². The summed E-state index contributed by atoms with van der Waals surface area (Å²) in [4.78, 5) is 10.3. The largest absolute Gasteiger partial charge is 0.307 e. The molecule has 1 N–H and O–H groups in total. The molecule has 1 aliphatic carbocycles. The van der Waals surface area contributed by atoms with Gasteiger partial charge in [-0.25, -0.2) is 0 Å². The van der Waals surface area contributed by atoms with Gasteiger partial charge in [0.2, 0.25) is 0 Å². The fourth-order valence-corrected chi connectivity index (χ4v) is 3.17. The first kappa shape index (κ1) is 15.0. The third-order valence-electron chi connectivity index (χ3n) is 4.29. The van der Waals surface area contributed by atoms with Crippen LogP contribution in [0, 0.1) is 15.5 Å². The molecule has 2 unspecified atom stereocenters. The molecule has 0 aliphatic heterocycles. The second-order valence-electron chi connectivity index (χ2n) is 6.69. The Morgan fingerprint density at radius 1 is 1.35 bits per heavy atom. The fraction of sp³-hybridized carbons (Fsp3) is 0.625. The molecule has 1 saturated carbocycles. The van der Waals surface area contributed by atoms with Crippen molar-refractivity contribution < 1.29 is 4.92 Å². The van der Waals surface area contributed by atoms with Crippen LogP contribution in [-0.2, 0) is 0 Å². The smallest absolute Gasteiger partial charge is 0.269 e. The second-order valence-corrected chi connectivity index (χ2v) is 6.69. The maximum atomic E-state index is 10.7. The zero-order valence-corrected chi connectivity index (χ0v) is 12.6. The fourth-order valence-electron chi connectivity index (χ4n) is 3.17. The summed E-state index contributed by atoms with van der Waals surface area (Å²) in [5.74, 6) is 0. The average molecular weight is 276 g/mol. The first-order valence-electron chi connectivity index (χ1n) is 7.38. The number of nitrogens with one attached hydrogen (secondary N) is 1. The minimum Gasteiger partial charge on any atom is -0.307 e. The molecule has 0 bridgehead atoms. The molecule has 4 nitrogen and oxygen atoms in total. The lowest BCUT2D eigenvalue weighted by Crippen LogP contribution is -2.38. The Morgan fingerprint density at radius 3 is 2.55 bits per heavy atom. The van der Waals surface area contributed by atoms with Gasteiger partial charge in [0.25, 0.3) is 5.69 Å². The van der Waals surface area contributed by atoms with Crippen molar-refractivity contribution >= 4 is 5.69 Å². The molecule has 0 amide bonds. The summed E-state index contributed by atoms with van der Waals surface area (Å²) in [7, 11) is 0. The number of hydrogen-bond donors (Lipinski definition) is 1. The molecule has 0 aromatic heterocycles. The van der Waals surface area contributed by atoms with Crippen LogP contribution in [0.3, 0.4) is 0 Å². The molecule has 1 aromatic carbocycles. The zero-order valence-electron chi connectivity index (χ0n) is 12.6. The van der Waals surface area contributed by atoms with Crippen molar-refractivity contribution in [3.05, 3.63) is 39.9 Å². The summed E-state index contributed by atoms with van der Waals surface area (Å²) in [5, 5.41) is 14.3. The lowest BCUT2D eigenvalue weighted by Gasteiger charge is -2.37. The molecule has 0 heterocycles. The van der Waals surface area contributed by atoms with E-state index >= 15 is 0 Å². The zero-order chi connectivity index (χ0) is 14.8. The van der Waals surface area contributed by atoms with Crippen molar-refractivity contribution in [2.75, 3.05) is 0 Å². The normalized spacial score (nSPS) is 23.2. The van der Waals surface area contributed by atoms with Crippen LogP contribution in [0.25, 0.3) is 0 Å². The quantitative estimate of drug-likeness (QED) is 0.662. The van der Waals surface area contributed by atoms with Gasteiger partial charge < -0.3 is 5.32 Å². The van der Waals surface area contributed by atoms with Gasteiger partial charge in [-0.15, -0.1) is 0 Å². The molecule has 20 heavy (non-hydrogen) atoms. The van der Waals surface area contributed by atoms with Crippen LogP contribution in [0.2, 0.25) is 0 Å². The molecule has 4 heteroatoms. The SMILES string of the molecule is CC(NC1CCCC(C)(C)C1)c1ccc([N+](=O)[O-])cc1. The molecule has 2 atom stereocenters. The summed E-state index contributed by atoms with van der Waals surface area (Å²) in [6.07, 6.45) is 5.00. The van der Waals surface area contributed by atoms with E-state index in [9.17, 15) is 10.1 Å². The molecular formula is C16H24N2O2. The molecule has 0 saturated heterocycles. The first-order chi connectivity index (χ1) is 9.37. The maximum absolute atomic E-state index is 10.7. The maximum Gasteiger partial charge on any atom is 0.269 e. The van der Waals surface area contributed by atoms with Gasteiger partial charge in [-0.2, -0.15) is 0 Å². The van der Waals surface area contributed by atoms with Crippen LogP contribution in [0.5, 0.6) is 0 Å². The van der Waals surface area contributed by atoms with Crippen LogP contribution in [0.15, 0.2) is 24.3 Å². The molecule has 110 valence electrons.